The maximum Gasteiger partial charge on any atom is 0.175 e. The fourth-order valence-corrected chi connectivity index (χ4v) is 3.09. The first-order chi connectivity index (χ1) is 6.77. The van der Waals surface area contributed by atoms with Gasteiger partial charge in [0.15, 0.2) is 5.78 Å². The summed E-state index contributed by atoms with van der Waals surface area (Å²) in [5.41, 5.74) is 0.840. The van der Waals surface area contributed by atoms with Crippen molar-refractivity contribution in [3.63, 3.8) is 0 Å². The molecule has 1 aliphatic heterocycles. The Bertz CT molecular complexity index is 328. The van der Waals surface area contributed by atoms with Gasteiger partial charge in [0, 0.05) is 10.0 Å². The topological polar surface area (TPSA) is 17.1 Å². The Kier molecular flexibility index (Phi) is 3.29. The second-order valence-corrected chi connectivity index (χ2v) is 5.60. The van der Waals surface area contributed by atoms with Crippen molar-refractivity contribution in [3.8, 4) is 0 Å². The van der Waals surface area contributed by atoms with Crippen LogP contribution in [0.4, 0.5) is 0 Å². The van der Waals surface area contributed by atoms with Crippen molar-refractivity contribution in [1.29, 1.82) is 0 Å². The zero-order valence-corrected chi connectivity index (χ0v) is 10.1. The van der Waals surface area contributed by atoms with E-state index in [0.29, 0.717) is 5.78 Å². The minimum atomic E-state index is 0.205. The predicted molar refractivity (Wildman–Crippen MR) is 64.0 cm³/mol. The van der Waals surface area contributed by atoms with Gasteiger partial charge in [-0.15, -0.1) is 0 Å². The molecule has 74 valence electrons. The Hall–Kier alpha value is -0.280. The van der Waals surface area contributed by atoms with E-state index >= 15 is 0 Å². The lowest BCUT2D eigenvalue weighted by atomic mass is 10.1. The molecule has 1 fully saturated rings. The van der Waals surface area contributed by atoms with Crippen molar-refractivity contribution in [2.45, 2.75) is 18.1 Å². The summed E-state index contributed by atoms with van der Waals surface area (Å²) in [6.45, 7) is 0. The standard InChI is InChI=1S/C11H11BrOS/c12-9-5-3-8(4-6-9)11(13)10-2-1-7-14-10/h3-6,10H,1-2,7H2. The van der Waals surface area contributed by atoms with Gasteiger partial charge in [-0.2, -0.15) is 11.8 Å². The first-order valence-electron chi connectivity index (χ1n) is 4.69. The van der Waals surface area contributed by atoms with Gasteiger partial charge in [0.2, 0.25) is 0 Å². The Morgan fingerprint density at radius 1 is 1.36 bits per heavy atom. The molecule has 0 aliphatic carbocycles. The molecule has 0 radical (unpaired) electrons. The first kappa shape index (κ1) is 10.2. The molecule has 0 amide bonds. The highest BCUT2D eigenvalue weighted by atomic mass is 79.9. The maximum absolute atomic E-state index is 11.9. The molecule has 1 heterocycles. The second kappa shape index (κ2) is 4.49. The molecule has 1 nitrogen and oxygen atoms in total. The van der Waals surface area contributed by atoms with Crippen molar-refractivity contribution in [2.24, 2.45) is 0 Å². The average molecular weight is 271 g/mol. The first-order valence-corrected chi connectivity index (χ1v) is 6.53. The summed E-state index contributed by atoms with van der Waals surface area (Å²) < 4.78 is 1.02. The molecule has 1 aromatic rings. The summed E-state index contributed by atoms with van der Waals surface area (Å²) in [5, 5.41) is 0.205. The molecule has 3 heteroatoms. The molecule has 14 heavy (non-hydrogen) atoms. The van der Waals surface area contributed by atoms with Gasteiger partial charge < -0.3 is 0 Å². The van der Waals surface area contributed by atoms with Crippen LogP contribution in [-0.2, 0) is 0 Å². The quantitative estimate of drug-likeness (QED) is 0.765. The minimum absolute atomic E-state index is 0.205. The number of Topliss-reactive ketones (excluding diaryl/α,β-unsaturated/α-hetero) is 1. The zero-order valence-electron chi connectivity index (χ0n) is 7.70. The number of hydrogen-bond donors (Lipinski definition) is 0. The summed E-state index contributed by atoms with van der Waals surface area (Å²) in [5.74, 6) is 1.42. The van der Waals surface area contributed by atoms with Gasteiger partial charge in [0.25, 0.3) is 0 Å². The summed E-state index contributed by atoms with van der Waals surface area (Å²) in [4.78, 5) is 11.9. The van der Waals surface area contributed by atoms with Gasteiger partial charge >= 0.3 is 0 Å². The molecule has 1 aromatic carbocycles. The molecule has 0 saturated carbocycles. The third kappa shape index (κ3) is 2.20. The Morgan fingerprint density at radius 3 is 2.64 bits per heavy atom. The molecular weight excluding hydrogens is 260 g/mol. The van der Waals surface area contributed by atoms with E-state index in [1.54, 1.807) is 11.8 Å². The third-order valence-electron chi connectivity index (χ3n) is 2.35. The lowest BCUT2D eigenvalue weighted by molar-refractivity contribution is 0.0988. The van der Waals surface area contributed by atoms with Crippen LogP contribution in [-0.4, -0.2) is 16.8 Å². The van der Waals surface area contributed by atoms with Crippen molar-refractivity contribution >= 4 is 33.5 Å². The van der Waals surface area contributed by atoms with E-state index in [1.165, 1.54) is 6.42 Å². The van der Waals surface area contributed by atoms with E-state index in [1.807, 2.05) is 24.3 Å². The van der Waals surface area contributed by atoms with Gasteiger partial charge in [-0.05, 0) is 30.7 Å². The Balaban J connectivity index is 2.14. The molecular formula is C11H11BrOS. The lowest BCUT2D eigenvalue weighted by Gasteiger charge is -2.06. The van der Waals surface area contributed by atoms with Crippen LogP contribution in [0.25, 0.3) is 0 Å². The number of ketones is 1. The van der Waals surface area contributed by atoms with Crippen LogP contribution in [0, 0.1) is 0 Å². The second-order valence-electron chi connectivity index (χ2n) is 3.37. The monoisotopic (exact) mass is 270 g/mol. The zero-order chi connectivity index (χ0) is 9.97. The molecule has 2 rings (SSSR count). The lowest BCUT2D eigenvalue weighted by Crippen LogP contribution is -2.13. The van der Waals surface area contributed by atoms with Gasteiger partial charge in [-0.25, -0.2) is 0 Å². The molecule has 1 aliphatic rings. The number of benzene rings is 1. The van der Waals surface area contributed by atoms with Crippen LogP contribution in [0.3, 0.4) is 0 Å². The van der Waals surface area contributed by atoms with Gasteiger partial charge in [-0.1, -0.05) is 28.1 Å². The van der Waals surface area contributed by atoms with E-state index in [2.05, 4.69) is 15.9 Å². The van der Waals surface area contributed by atoms with E-state index in [9.17, 15) is 4.79 Å². The molecule has 0 bridgehead atoms. The number of hydrogen-bond acceptors (Lipinski definition) is 2. The van der Waals surface area contributed by atoms with Gasteiger partial charge in [-0.3, -0.25) is 4.79 Å². The van der Waals surface area contributed by atoms with Crippen molar-refractivity contribution in [3.05, 3.63) is 34.3 Å². The Morgan fingerprint density at radius 2 is 2.07 bits per heavy atom. The number of carbonyl (C=O) groups excluding carboxylic acids is 1. The fourth-order valence-electron chi connectivity index (χ4n) is 1.58. The van der Waals surface area contributed by atoms with Crippen LogP contribution >= 0.6 is 27.7 Å². The summed E-state index contributed by atoms with van der Waals surface area (Å²) in [6, 6.07) is 7.64. The minimum Gasteiger partial charge on any atom is -0.293 e. The molecule has 1 saturated heterocycles. The van der Waals surface area contributed by atoms with Crippen LogP contribution in [0.1, 0.15) is 23.2 Å². The van der Waals surface area contributed by atoms with Crippen molar-refractivity contribution < 1.29 is 4.79 Å². The Labute approximate surface area is 96.4 Å². The SMILES string of the molecule is O=C(c1ccc(Br)cc1)C1CCCS1. The van der Waals surface area contributed by atoms with Crippen LogP contribution in [0.15, 0.2) is 28.7 Å². The average Bonchev–Trinajstić information content (AvgIpc) is 2.71. The van der Waals surface area contributed by atoms with E-state index < -0.39 is 0 Å². The highest BCUT2D eigenvalue weighted by Gasteiger charge is 2.24. The van der Waals surface area contributed by atoms with Crippen LogP contribution in [0.5, 0.6) is 0 Å². The van der Waals surface area contributed by atoms with E-state index in [-0.39, 0.29) is 5.25 Å². The van der Waals surface area contributed by atoms with Crippen LogP contribution < -0.4 is 0 Å². The predicted octanol–water partition coefficient (Wildman–Crippen LogP) is 3.53. The molecule has 1 atom stereocenters. The molecule has 0 spiro atoms. The van der Waals surface area contributed by atoms with Gasteiger partial charge in [0.05, 0.1) is 5.25 Å². The van der Waals surface area contributed by atoms with E-state index in [0.717, 1.165) is 22.2 Å². The van der Waals surface area contributed by atoms with E-state index in [4.69, 9.17) is 0 Å². The van der Waals surface area contributed by atoms with Gasteiger partial charge in [0.1, 0.15) is 0 Å². The number of halogens is 1. The van der Waals surface area contributed by atoms with Crippen molar-refractivity contribution in [1.82, 2.24) is 0 Å². The van der Waals surface area contributed by atoms with Crippen LogP contribution in [0.2, 0.25) is 0 Å². The largest absolute Gasteiger partial charge is 0.293 e. The number of carbonyl (C=O) groups is 1. The normalized spacial score (nSPS) is 21.1. The number of rotatable bonds is 2. The highest BCUT2D eigenvalue weighted by molar-refractivity contribution is 9.10. The summed E-state index contributed by atoms with van der Waals surface area (Å²) in [6.07, 6.45) is 2.22. The highest BCUT2D eigenvalue weighted by Crippen LogP contribution is 2.29. The molecule has 1 unspecified atom stereocenters. The van der Waals surface area contributed by atoms with Crippen molar-refractivity contribution in [2.75, 3.05) is 5.75 Å². The summed E-state index contributed by atoms with van der Waals surface area (Å²) in [7, 11) is 0. The summed E-state index contributed by atoms with van der Waals surface area (Å²) >= 11 is 5.15. The third-order valence-corrected chi connectivity index (χ3v) is 4.26. The fraction of sp³-hybridized carbons (Fsp3) is 0.364. The molecule has 0 aromatic heterocycles. The maximum atomic E-state index is 11.9. The number of thioether (sulfide) groups is 1. The smallest absolute Gasteiger partial charge is 0.175 e. The molecule has 0 N–H and O–H groups in total.